The Morgan fingerprint density at radius 1 is 1.53 bits per heavy atom. The van der Waals surface area contributed by atoms with Crippen LogP contribution < -0.4 is 5.32 Å². The van der Waals surface area contributed by atoms with Gasteiger partial charge in [0, 0.05) is 38.8 Å². The SMILES string of the molecule is CNc1ccc2c(n1)CCN(CCO)C2. The van der Waals surface area contributed by atoms with Crippen LogP contribution in [0.3, 0.4) is 0 Å². The van der Waals surface area contributed by atoms with Gasteiger partial charge in [0.25, 0.3) is 0 Å². The molecule has 4 heteroatoms. The fraction of sp³-hybridized carbons (Fsp3) is 0.545. The third-order valence-corrected chi connectivity index (χ3v) is 2.80. The average molecular weight is 207 g/mol. The maximum Gasteiger partial charge on any atom is 0.125 e. The smallest absolute Gasteiger partial charge is 0.125 e. The van der Waals surface area contributed by atoms with E-state index >= 15 is 0 Å². The molecule has 0 saturated heterocycles. The summed E-state index contributed by atoms with van der Waals surface area (Å²) in [6.07, 6.45) is 0.977. The molecule has 0 spiro atoms. The average Bonchev–Trinajstić information content (AvgIpc) is 2.29. The van der Waals surface area contributed by atoms with Crippen molar-refractivity contribution >= 4 is 5.82 Å². The summed E-state index contributed by atoms with van der Waals surface area (Å²) in [7, 11) is 1.88. The first-order valence-electron chi connectivity index (χ1n) is 5.33. The van der Waals surface area contributed by atoms with Gasteiger partial charge in [0.2, 0.25) is 0 Å². The summed E-state index contributed by atoms with van der Waals surface area (Å²) in [6.45, 7) is 2.89. The number of aliphatic hydroxyl groups is 1. The van der Waals surface area contributed by atoms with E-state index in [4.69, 9.17) is 5.11 Å². The summed E-state index contributed by atoms with van der Waals surface area (Å²) in [5, 5.41) is 11.9. The van der Waals surface area contributed by atoms with Crippen LogP contribution in [-0.4, -0.2) is 41.7 Å². The lowest BCUT2D eigenvalue weighted by Gasteiger charge is -2.27. The Bertz CT molecular complexity index is 341. The van der Waals surface area contributed by atoms with Gasteiger partial charge < -0.3 is 10.4 Å². The Kier molecular flexibility index (Phi) is 3.18. The second-order valence-electron chi connectivity index (χ2n) is 3.80. The van der Waals surface area contributed by atoms with Crippen LogP contribution in [-0.2, 0) is 13.0 Å². The van der Waals surface area contributed by atoms with Crippen LogP contribution in [0.15, 0.2) is 12.1 Å². The van der Waals surface area contributed by atoms with E-state index in [2.05, 4.69) is 21.3 Å². The number of fused-ring (bicyclic) bond motifs is 1. The van der Waals surface area contributed by atoms with Crippen molar-refractivity contribution in [3.8, 4) is 0 Å². The molecule has 0 amide bonds. The lowest BCUT2D eigenvalue weighted by molar-refractivity contribution is 0.183. The number of anilines is 1. The molecular formula is C11H17N3O. The molecule has 0 aliphatic carbocycles. The van der Waals surface area contributed by atoms with Gasteiger partial charge >= 0.3 is 0 Å². The number of β-amino-alcohol motifs (C(OH)–C–C–N with tert-alkyl or cyclic N) is 1. The molecule has 82 valence electrons. The van der Waals surface area contributed by atoms with E-state index in [-0.39, 0.29) is 6.61 Å². The molecule has 0 saturated carbocycles. The van der Waals surface area contributed by atoms with Crippen molar-refractivity contribution < 1.29 is 5.11 Å². The Labute approximate surface area is 89.9 Å². The first kappa shape index (κ1) is 10.4. The highest BCUT2D eigenvalue weighted by molar-refractivity contribution is 5.38. The summed E-state index contributed by atoms with van der Waals surface area (Å²) in [6, 6.07) is 4.12. The highest BCUT2D eigenvalue weighted by Gasteiger charge is 2.16. The zero-order valence-corrected chi connectivity index (χ0v) is 9.03. The molecule has 1 aliphatic heterocycles. The molecular weight excluding hydrogens is 190 g/mol. The minimum atomic E-state index is 0.233. The van der Waals surface area contributed by atoms with Crippen LogP contribution in [0.2, 0.25) is 0 Å². The molecule has 0 unspecified atom stereocenters. The van der Waals surface area contributed by atoms with Gasteiger partial charge in [-0.2, -0.15) is 0 Å². The summed E-state index contributed by atoms with van der Waals surface area (Å²) in [5.41, 5.74) is 2.48. The molecule has 0 aromatic carbocycles. The highest BCUT2D eigenvalue weighted by Crippen LogP contribution is 2.18. The molecule has 0 radical (unpaired) electrons. The van der Waals surface area contributed by atoms with Crippen LogP contribution in [0, 0.1) is 0 Å². The van der Waals surface area contributed by atoms with Crippen LogP contribution in [0.25, 0.3) is 0 Å². The monoisotopic (exact) mass is 207 g/mol. The molecule has 0 atom stereocenters. The minimum Gasteiger partial charge on any atom is -0.395 e. The molecule has 1 aromatic heterocycles. The zero-order valence-electron chi connectivity index (χ0n) is 9.03. The van der Waals surface area contributed by atoms with Crippen LogP contribution in [0.4, 0.5) is 5.82 Å². The van der Waals surface area contributed by atoms with Gasteiger partial charge in [0.1, 0.15) is 5.82 Å². The summed E-state index contributed by atoms with van der Waals surface area (Å²) >= 11 is 0. The predicted octanol–water partition coefficient (Wildman–Crippen LogP) is 0.474. The van der Waals surface area contributed by atoms with Crippen LogP contribution >= 0.6 is 0 Å². The van der Waals surface area contributed by atoms with Gasteiger partial charge in [0.05, 0.1) is 6.61 Å². The van der Waals surface area contributed by atoms with Crippen molar-refractivity contribution in [2.24, 2.45) is 0 Å². The molecule has 0 bridgehead atoms. The van der Waals surface area contributed by atoms with Crippen LogP contribution in [0.5, 0.6) is 0 Å². The van der Waals surface area contributed by atoms with Gasteiger partial charge in [-0.1, -0.05) is 6.07 Å². The largest absolute Gasteiger partial charge is 0.395 e. The van der Waals surface area contributed by atoms with Crippen molar-refractivity contribution in [3.05, 3.63) is 23.4 Å². The number of hydrogen-bond donors (Lipinski definition) is 2. The Balaban J connectivity index is 2.13. The van der Waals surface area contributed by atoms with Crippen molar-refractivity contribution in [1.29, 1.82) is 0 Å². The molecule has 0 fully saturated rings. The fourth-order valence-corrected chi connectivity index (χ4v) is 1.95. The molecule has 4 nitrogen and oxygen atoms in total. The fourth-order valence-electron chi connectivity index (χ4n) is 1.95. The topological polar surface area (TPSA) is 48.4 Å². The van der Waals surface area contributed by atoms with E-state index in [1.807, 2.05) is 13.1 Å². The van der Waals surface area contributed by atoms with Crippen molar-refractivity contribution in [2.45, 2.75) is 13.0 Å². The summed E-state index contributed by atoms with van der Waals surface area (Å²) in [4.78, 5) is 6.78. The number of nitrogens with zero attached hydrogens (tertiary/aromatic N) is 2. The van der Waals surface area contributed by atoms with Crippen molar-refractivity contribution in [3.63, 3.8) is 0 Å². The second-order valence-corrected chi connectivity index (χ2v) is 3.80. The standard InChI is InChI=1S/C11H17N3O/c1-12-11-3-2-9-8-14(6-7-15)5-4-10(9)13-11/h2-3,15H,4-8H2,1H3,(H,12,13). The second kappa shape index (κ2) is 4.59. The maximum atomic E-state index is 8.88. The lowest BCUT2D eigenvalue weighted by Crippen LogP contribution is -2.33. The molecule has 2 rings (SSSR count). The predicted molar refractivity (Wildman–Crippen MR) is 59.9 cm³/mol. The summed E-state index contributed by atoms with van der Waals surface area (Å²) < 4.78 is 0. The van der Waals surface area contributed by atoms with Gasteiger partial charge in [-0.3, -0.25) is 4.90 Å². The third-order valence-electron chi connectivity index (χ3n) is 2.80. The van der Waals surface area contributed by atoms with Crippen molar-refractivity contribution in [1.82, 2.24) is 9.88 Å². The first-order chi connectivity index (χ1) is 7.33. The third kappa shape index (κ3) is 2.27. The summed E-state index contributed by atoms with van der Waals surface area (Å²) in [5.74, 6) is 0.935. The number of hydrogen-bond acceptors (Lipinski definition) is 4. The molecule has 2 N–H and O–H groups in total. The number of nitrogens with one attached hydrogen (secondary N) is 1. The number of rotatable bonds is 3. The van der Waals surface area contributed by atoms with E-state index in [1.165, 1.54) is 11.3 Å². The minimum absolute atomic E-state index is 0.233. The number of aliphatic hydroxyl groups excluding tert-OH is 1. The van der Waals surface area contributed by atoms with E-state index in [0.717, 1.165) is 31.9 Å². The molecule has 1 aromatic rings. The quantitative estimate of drug-likeness (QED) is 0.756. The normalized spacial score (nSPS) is 16.1. The Morgan fingerprint density at radius 3 is 3.13 bits per heavy atom. The van der Waals surface area contributed by atoms with Crippen molar-refractivity contribution in [2.75, 3.05) is 32.1 Å². The zero-order chi connectivity index (χ0) is 10.7. The van der Waals surface area contributed by atoms with Crippen LogP contribution in [0.1, 0.15) is 11.3 Å². The van der Waals surface area contributed by atoms with Gasteiger partial charge in [-0.05, 0) is 11.6 Å². The maximum absolute atomic E-state index is 8.88. The van der Waals surface area contributed by atoms with Gasteiger partial charge in [0.15, 0.2) is 0 Å². The van der Waals surface area contributed by atoms with Gasteiger partial charge in [-0.15, -0.1) is 0 Å². The van der Waals surface area contributed by atoms with E-state index in [1.54, 1.807) is 0 Å². The lowest BCUT2D eigenvalue weighted by atomic mass is 10.1. The first-order valence-corrected chi connectivity index (χ1v) is 5.33. The Morgan fingerprint density at radius 2 is 2.40 bits per heavy atom. The number of aromatic nitrogens is 1. The highest BCUT2D eigenvalue weighted by atomic mass is 16.3. The van der Waals surface area contributed by atoms with Gasteiger partial charge in [-0.25, -0.2) is 4.98 Å². The van der Waals surface area contributed by atoms with E-state index in [0.29, 0.717) is 0 Å². The van der Waals surface area contributed by atoms with E-state index in [9.17, 15) is 0 Å². The molecule has 1 aliphatic rings. The number of pyridine rings is 1. The molecule has 15 heavy (non-hydrogen) atoms. The molecule has 2 heterocycles. The van der Waals surface area contributed by atoms with E-state index < -0.39 is 0 Å². The Hall–Kier alpha value is -1.13.